The predicted octanol–water partition coefficient (Wildman–Crippen LogP) is 1.40. The van der Waals surface area contributed by atoms with Crippen LogP contribution < -0.4 is 22.1 Å². The summed E-state index contributed by atoms with van der Waals surface area (Å²) in [6.07, 6.45) is 4.79. The van der Waals surface area contributed by atoms with E-state index < -0.39 is 0 Å². The summed E-state index contributed by atoms with van der Waals surface area (Å²) in [4.78, 5) is 13.3. The molecule has 1 aromatic carbocycles. The zero-order valence-corrected chi connectivity index (χ0v) is 15.5. The minimum absolute atomic E-state index is 0.0433. The molecule has 1 aromatic heterocycles. The second kappa shape index (κ2) is 8.17. The summed E-state index contributed by atoms with van der Waals surface area (Å²) < 4.78 is 1.37. The monoisotopic (exact) mass is 387 g/mol. The molecule has 10 heteroatoms. The van der Waals surface area contributed by atoms with Crippen molar-refractivity contribution in [2.24, 2.45) is 5.73 Å². The van der Waals surface area contributed by atoms with E-state index in [0.717, 1.165) is 32.4 Å². The van der Waals surface area contributed by atoms with E-state index in [1.807, 2.05) is 4.90 Å². The van der Waals surface area contributed by atoms with Crippen molar-refractivity contribution in [1.29, 1.82) is 0 Å². The lowest BCUT2D eigenvalue weighted by atomic mass is 10.1. The number of hydrogen-bond donors (Lipinski definition) is 4. The summed E-state index contributed by atoms with van der Waals surface area (Å²) in [6, 6.07) is 5.04. The number of aliphatic hydroxyl groups is 1. The lowest BCUT2D eigenvalue weighted by Crippen LogP contribution is -2.29. The third-order valence-corrected chi connectivity index (χ3v) is 4.83. The van der Waals surface area contributed by atoms with Crippen molar-refractivity contribution in [3.63, 3.8) is 0 Å². The van der Waals surface area contributed by atoms with Gasteiger partial charge in [0, 0.05) is 19.2 Å². The second-order valence-electron chi connectivity index (χ2n) is 6.75. The van der Waals surface area contributed by atoms with Crippen LogP contribution in [0.5, 0.6) is 0 Å². The highest BCUT2D eigenvalue weighted by atomic mass is 16.6. The maximum atomic E-state index is 11.6. The number of aromatic nitrogens is 2. The maximum Gasteiger partial charge on any atom is 0.293 e. The third-order valence-electron chi connectivity index (χ3n) is 4.83. The van der Waals surface area contributed by atoms with Gasteiger partial charge in [0.05, 0.1) is 23.8 Å². The zero-order chi connectivity index (χ0) is 20.3. The van der Waals surface area contributed by atoms with Crippen LogP contribution in [0.4, 0.5) is 22.9 Å². The number of nitro benzene ring substituents is 1. The number of benzene rings is 1. The first kappa shape index (κ1) is 19.5. The lowest BCUT2D eigenvalue weighted by Gasteiger charge is -2.28. The van der Waals surface area contributed by atoms with Gasteiger partial charge < -0.3 is 27.2 Å². The average molecular weight is 387 g/mol. The first-order chi connectivity index (χ1) is 13.4. The molecule has 3 rings (SSSR count). The van der Waals surface area contributed by atoms with Crippen molar-refractivity contribution in [2.75, 3.05) is 36.1 Å². The quantitative estimate of drug-likeness (QED) is 0.427. The first-order valence-corrected chi connectivity index (χ1v) is 9.16. The molecule has 1 aliphatic heterocycles. The highest BCUT2D eigenvalue weighted by Gasteiger charge is 2.22. The average Bonchev–Trinajstić information content (AvgIpc) is 2.97. The van der Waals surface area contributed by atoms with Gasteiger partial charge in [-0.25, -0.2) is 4.68 Å². The molecular weight excluding hydrogens is 362 g/mol. The molecule has 0 amide bonds. The van der Waals surface area contributed by atoms with Crippen molar-refractivity contribution in [1.82, 2.24) is 9.78 Å². The molecule has 0 atom stereocenters. The molecule has 28 heavy (non-hydrogen) atoms. The molecule has 0 unspecified atom stereocenters. The van der Waals surface area contributed by atoms with E-state index in [2.05, 4.69) is 5.10 Å². The van der Waals surface area contributed by atoms with Crippen LogP contribution in [0.1, 0.15) is 30.5 Å². The fourth-order valence-electron chi connectivity index (χ4n) is 3.39. The first-order valence-electron chi connectivity index (χ1n) is 9.16. The summed E-state index contributed by atoms with van der Waals surface area (Å²) in [5.74, 6) is 0.215. The number of rotatable bonds is 6. The van der Waals surface area contributed by atoms with Gasteiger partial charge in [0.15, 0.2) is 0 Å². The molecule has 0 radical (unpaired) electrons. The summed E-state index contributed by atoms with van der Waals surface area (Å²) in [6.45, 7) is 1.68. The fourth-order valence-corrected chi connectivity index (χ4v) is 3.39. The number of nitrogens with zero attached hydrogens (tertiary/aromatic N) is 4. The van der Waals surface area contributed by atoms with Crippen molar-refractivity contribution < 1.29 is 10.0 Å². The van der Waals surface area contributed by atoms with Gasteiger partial charge in [-0.3, -0.25) is 10.1 Å². The number of piperidine rings is 1. The molecule has 2 heterocycles. The van der Waals surface area contributed by atoms with E-state index >= 15 is 0 Å². The largest absolute Gasteiger partial charge is 0.397 e. The number of aliphatic hydroxyl groups excluding tert-OH is 1. The number of nitrogen functional groups attached to an aromatic ring is 2. The number of nitro groups is 1. The maximum absolute atomic E-state index is 11.6. The van der Waals surface area contributed by atoms with Gasteiger partial charge in [0.2, 0.25) is 0 Å². The van der Waals surface area contributed by atoms with E-state index in [0.29, 0.717) is 11.3 Å². The van der Waals surface area contributed by atoms with Gasteiger partial charge >= 0.3 is 0 Å². The Kier molecular flexibility index (Phi) is 5.69. The minimum atomic E-state index is -0.375. The molecule has 0 aliphatic carbocycles. The van der Waals surface area contributed by atoms with Crippen LogP contribution in [0.15, 0.2) is 18.2 Å². The molecule has 2 aromatic rings. The molecule has 10 nitrogen and oxygen atoms in total. The normalized spacial score (nSPS) is 15.0. The van der Waals surface area contributed by atoms with Gasteiger partial charge in [-0.1, -0.05) is 6.07 Å². The fraction of sp³-hybridized carbons (Fsp3) is 0.389. The Bertz CT molecular complexity index is 901. The topological polar surface area (TPSA) is 162 Å². The Morgan fingerprint density at radius 2 is 2.00 bits per heavy atom. The van der Waals surface area contributed by atoms with Crippen molar-refractivity contribution in [3.05, 3.63) is 39.6 Å². The predicted molar refractivity (Wildman–Crippen MR) is 109 cm³/mol. The van der Waals surface area contributed by atoms with E-state index in [-0.39, 0.29) is 46.7 Å². The van der Waals surface area contributed by atoms with Gasteiger partial charge in [-0.05, 0) is 37.0 Å². The van der Waals surface area contributed by atoms with E-state index in [4.69, 9.17) is 22.3 Å². The molecule has 1 aliphatic rings. The van der Waals surface area contributed by atoms with Crippen LogP contribution in [0.3, 0.4) is 0 Å². The van der Waals surface area contributed by atoms with Crippen LogP contribution >= 0.6 is 0 Å². The Morgan fingerprint density at radius 1 is 1.29 bits per heavy atom. The molecule has 0 saturated carbocycles. The van der Waals surface area contributed by atoms with E-state index in [1.54, 1.807) is 18.2 Å². The highest BCUT2D eigenvalue weighted by Crippen LogP contribution is 2.32. The van der Waals surface area contributed by atoms with Crippen LogP contribution in [0.2, 0.25) is 0 Å². The SMILES string of the molecule is N/C(=C\c1ccc(N2CCCCC2)c([N+](=O)[O-])c1)c1nn(CCO)c(N)c1N. The van der Waals surface area contributed by atoms with Crippen molar-refractivity contribution in [2.45, 2.75) is 25.8 Å². The molecule has 0 bridgehead atoms. The number of anilines is 3. The van der Waals surface area contributed by atoms with Gasteiger partial charge in [-0.15, -0.1) is 0 Å². The summed E-state index contributed by atoms with van der Waals surface area (Å²) >= 11 is 0. The third kappa shape index (κ3) is 3.86. The van der Waals surface area contributed by atoms with Gasteiger partial charge in [-0.2, -0.15) is 5.10 Å². The van der Waals surface area contributed by atoms with Crippen molar-refractivity contribution in [3.8, 4) is 0 Å². The van der Waals surface area contributed by atoms with Gasteiger partial charge in [0.25, 0.3) is 5.69 Å². The zero-order valence-electron chi connectivity index (χ0n) is 15.5. The second-order valence-corrected chi connectivity index (χ2v) is 6.75. The molecule has 1 saturated heterocycles. The standard InChI is InChI=1S/C18H25N7O3/c19-13(17-16(20)18(21)24(22-17)8-9-26)10-12-4-5-14(15(11-12)25(27)28)23-6-2-1-3-7-23/h4-5,10-11,26H,1-3,6-9,19-21H2/b13-10-. The Balaban J connectivity index is 1.94. The molecule has 1 fully saturated rings. The number of hydrogen-bond acceptors (Lipinski definition) is 8. The summed E-state index contributed by atoms with van der Waals surface area (Å²) in [7, 11) is 0. The highest BCUT2D eigenvalue weighted by molar-refractivity contribution is 5.86. The van der Waals surface area contributed by atoms with Crippen molar-refractivity contribution >= 4 is 34.7 Å². The molecule has 0 spiro atoms. The van der Waals surface area contributed by atoms with Crippen LogP contribution in [-0.4, -0.2) is 39.5 Å². The van der Waals surface area contributed by atoms with E-state index in [1.165, 1.54) is 10.7 Å². The molecular formula is C18H25N7O3. The summed E-state index contributed by atoms with van der Waals surface area (Å²) in [5, 5.41) is 24.9. The minimum Gasteiger partial charge on any atom is -0.397 e. The summed E-state index contributed by atoms with van der Waals surface area (Å²) in [5.41, 5.74) is 19.9. The smallest absolute Gasteiger partial charge is 0.293 e. The van der Waals surface area contributed by atoms with Crippen LogP contribution in [-0.2, 0) is 6.54 Å². The van der Waals surface area contributed by atoms with Gasteiger partial charge in [0.1, 0.15) is 22.9 Å². The lowest BCUT2D eigenvalue weighted by molar-refractivity contribution is -0.384. The van der Waals surface area contributed by atoms with Crippen LogP contribution in [0, 0.1) is 10.1 Å². The Labute approximate surface area is 162 Å². The Hall–Kier alpha value is -3.27. The molecule has 150 valence electrons. The molecule has 7 N–H and O–H groups in total. The van der Waals surface area contributed by atoms with Crippen LogP contribution in [0.25, 0.3) is 11.8 Å². The number of nitrogens with two attached hydrogens (primary N) is 3. The Morgan fingerprint density at radius 3 is 2.64 bits per heavy atom. The van der Waals surface area contributed by atoms with E-state index in [9.17, 15) is 10.1 Å².